The fourth-order valence-electron chi connectivity index (χ4n) is 3.27. The highest BCUT2D eigenvalue weighted by Crippen LogP contribution is 2.25. The van der Waals surface area contributed by atoms with Crippen molar-refractivity contribution in [1.82, 2.24) is 4.31 Å². The molecule has 0 aromatic heterocycles. The number of nitrogens with zero attached hydrogens (tertiary/aromatic N) is 2. The van der Waals surface area contributed by atoms with Gasteiger partial charge in [0.05, 0.1) is 4.90 Å². The molecule has 1 fully saturated rings. The topological polar surface area (TPSA) is 57.7 Å². The standard InChI is InChI=1S/C20H24N2O3S/c1-3-22(17-9-5-4-6-10-17)20(23)19-15-18(12-11-16(19)2)26(24,25)21-13-7-8-14-21/h4-6,9-12,15H,3,7-8,13-14H2,1-2H3. The monoisotopic (exact) mass is 372 g/mol. The second-order valence-corrected chi connectivity index (χ2v) is 8.41. The van der Waals surface area contributed by atoms with Gasteiger partial charge in [-0.25, -0.2) is 8.42 Å². The molecule has 2 aromatic rings. The van der Waals surface area contributed by atoms with Crippen LogP contribution < -0.4 is 4.90 Å². The van der Waals surface area contributed by atoms with Crippen molar-refractivity contribution < 1.29 is 13.2 Å². The summed E-state index contributed by atoms with van der Waals surface area (Å²) in [5.41, 5.74) is 1.99. The largest absolute Gasteiger partial charge is 0.309 e. The first kappa shape index (κ1) is 18.6. The quantitative estimate of drug-likeness (QED) is 0.808. The van der Waals surface area contributed by atoms with Crippen molar-refractivity contribution >= 4 is 21.6 Å². The summed E-state index contributed by atoms with van der Waals surface area (Å²) >= 11 is 0. The number of hydrogen-bond acceptors (Lipinski definition) is 3. The summed E-state index contributed by atoms with van der Waals surface area (Å²) in [6.07, 6.45) is 1.77. The Kier molecular flexibility index (Phi) is 5.44. The summed E-state index contributed by atoms with van der Waals surface area (Å²) in [6.45, 7) is 5.34. The average Bonchev–Trinajstić information content (AvgIpc) is 3.19. The van der Waals surface area contributed by atoms with Gasteiger partial charge in [-0.05, 0) is 56.5 Å². The molecule has 0 unspecified atom stereocenters. The number of benzene rings is 2. The number of amides is 1. The molecule has 0 spiro atoms. The van der Waals surface area contributed by atoms with Crippen LogP contribution in [-0.2, 0) is 10.0 Å². The molecular weight excluding hydrogens is 348 g/mol. The summed E-state index contributed by atoms with van der Waals surface area (Å²) in [4.78, 5) is 15.0. The molecule has 3 rings (SSSR count). The van der Waals surface area contributed by atoms with Crippen molar-refractivity contribution in [3.05, 3.63) is 59.7 Å². The van der Waals surface area contributed by atoms with Gasteiger partial charge in [0.25, 0.3) is 5.91 Å². The average molecular weight is 372 g/mol. The SMILES string of the molecule is CCN(C(=O)c1cc(S(=O)(=O)N2CCCC2)ccc1C)c1ccccc1. The predicted molar refractivity (Wildman–Crippen MR) is 103 cm³/mol. The van der Waals surface area contributed by atoms with Crippen molar-refractivity contribution in [3.63, 3.8) is 0 Å². The Morgan fingerprint density at radius 3 is 2.35 bits per heavy atom. The maximum Gasteiger partial charge on any atom is 0.258 e. The van der Waals surface area contributed by atoms with Gasteiger partial charge in [-0.3, -0.25) is 4.79 Å². The zero-order chi connectivity index (χ0) is 18.7. The highest BCUT2D eigenvalue weighted by Gasteiger charge is 2.28. The Morgan fingerprint density at radius 1 is 1.08 bits per heavy atom. The van der Waals surface area contributed by atoms with Gasteiger partial charge < -0.3 is 4.90 Å². The maximum atomic E-state index is 13.1. The molecule has 1 saturated heterocycles. The minimum absolute atomic E-state index is 0.185. The Bertz CT molecular complexity index is 889. The van der Waals surface area contributed by atoms with Crippen molar-refractivity contribution in [2.45, 2.75) is 31.6 Å². The molecule has 0 atom stereocenters. The van der Waals surface area contributed by atoms with Crippen molar-refractivity contribution in [2.75, 3.05) is 24.5 Å². The lowest BCUT2D eigenvalue weighted by atomic mass is 10.1. The molecule has 0 bridgehead atoms. The second-order valence-electron chi connectivity index (χ2n) is 6.47. The number of carbonyl (C=O) groups is 1. The van der Waals surface area contributed by atoms with E-state index in [0.29, 0.717) is 25.2 Å². The van der Waals surface area contributed by atoms with E-state index in [1.54, 1.807) is 17.0 Å². The summed E-state index contributed by atoms with van der Waals surface area (Å²) in [7, 11) is -3.55. The van der Waals surface area contributed by atoms with Crippen LogP contribution in [0.2, 0.25) is 0 Å². The Balaban J connectivity index is 1.98. The van der Waals surface area contributed by atoms with Gasteiger partial charge >= 0.3 is 0 Å². The third kappa shape index (κ3) is 3.52. The predicted octanol–water partition coefficient (Wildman–Crippen LogP) is 3.45. The van der Waals surface area contributed by atoms with Gasteiger partial charge in [-0.15, -0.1) is 0 Å². The summed E-state index contributed by atoms with van der Waals surface area (Å²) < 4.78 is 27.2. The highest BCUT2D eigenvalue weighted by atomic mass is 32.2. The van der Waals surface area contributed by atoms with Gasteiger partial charge in [-0.2, -0.15) is 4.31 Å². The minimum atomic E-state index is -3.55. The van der Waals surface area contributed by atoms with Crippen LogP contribution >= 0.6 is 0 Å². The van der Waals surface area contributed by atoms with Crippen LogP contribution in [0.5, 0.6) is 0 Å². The van der Waals surface area contributed by atoms with Crippen molar-refractivity contribution in [1.29, 1.82) is 0 Å². The zero-order valence-corrected chi connectivity index (χ0v) is 16.0. The lowest BCUT2D eigenvalue weighted by molar-refractivity contribution is 0.0987. The number of aryl methyl sites for hydroxylation is 1. The molecule has 1 amide bonds. The fraction of sp³-hybridized carbons (Fsp3) is 0.350. The lowest BCUT2D eigenvalue weighted by Gasteiger charge is -2.23. The van der Waals surface area contributed by atoms with E-state index in [0.717, 1.165) is 24.1 Å². The number of para-hydroxylation sites is 1. The number of anilines is 1. The van der Waals surface area contributed by atoms with Crippen LogP contribution in [0, 0.1) is 6.92 Å². The summed E-state index contributed by atoms with van der Waals surface area (Å²) in [6, 6.07) is 14.3. The fourth-order valence-corrected chi connectivity index (χ4v) is 4.81. The molecule has 0 saturated carbocycles. The molecule has 5 nitrogen and oxygen atoms in total. The first-order valence-electron chi connectivity index (χ1n) is 8.93. The third-order valence-electron chi connectivity index (χ3n) is 4.77. The van der Waals surface area contributed by atoms with E-state index < -0.39 is 10.0 Å². The first-order valence-corrected chi connectivity index (χ1v) is 10.4. The molecule has 1 aliphatic rings. The van der Waals surface area contributed by atoms with Gasteiger partial charge in [0.2, 0.25) is 10.0 Å². The van der Waals surface area contributed by atoms with Gasteiger partial charge in [0, 0.05) is 30.9 Å². The van der Waals surface area contributed by atoms with Gasteiger partial charge in [-0.1, -0.05) is 24.3 Å². The molecule has 2 aromatic carbocycles. The summed E-state index contributed by atoms with van der Waals surface area (Å²) in [5.74, 6) is -0.185. The van der Waals surface area contributed by atoms with E-state index in [4.69, 9.17) is 0 Å². The number of rotatable bonds is 5. The molecule has 1 heterocycles. The molecule has 138 valence electrons. The second kappa shape index (κ2) is 7.60. The van der Waals surface area contributed by atoms with Crippen LogP contribution in [0.1, 0.15) is 35.7 Å². The minimum Gasteiger partial charge on any atom is -0.309 e. The first-order chi connectivity index (χ1) is 12.4. The number of hydrogen-bond donors (Lipinski definition) is 0. The molecule has 0 N–H and O–H groups in total. The maximum absolute atomic E-state index is 13.1. The zero-order valence-electron chi connectivity index (χ0n) is 15.2. The third-order valence-corrected chi connectivity index (χ3v) is 6.67. The van der Waals surface area contributed by atoms with Gasteiger partial charge in [0.1, 0.15) is 0 Å². The van der Waals surface area contributed by atoms with E-state index in [9.17, 15) is 13.2 Å². The number of sulfonamides is 1. The molecule has 26 heavy (non-hydrogen) atoms. The van der Waals surface area contributed by atoms with Gasteiger partial charge in [0.15, 0.2) is 0 Å². The Morgan fingerprint density at radius 2 is 1.73 bits per heavy atom. The molecule has 6 heteroatoms. The molecule has 1 aliphatic heterocycles. The summed E-state index contributed by atoms with van der Waals surface area (Å²) in [5, 5.41) is 0. The van der Waals surface area contributed by atoms with Crippen LogP contribution in [0.15, 0.2) is 53.4 Å². The Hall–Kier alpha value is -2.18. The van der Waals surface area contributed by atoms with Crippen LogP contribution in [-0.4, -0.2) is 38.3 Å². The van der Waals surface area contributed by atoms with Crippen molar-refractivity contribution in [2.24, 2.45) is 0 Å². The Labute approximate surface area is 155 Å². The van der Waals surface area contributed by atoms with E-state index in [2.05, 4.69) is 0 Å². The van der Waals surface area contributed by atoms with Crippen molar-refractivity contribution in [3.8, 4) is 0 Å². The van der Waals surface area contributed by atoms with E-state index >= 15 is 0 Å². The van der Waals surface area contributed by atoms with E-state index in [1.807, 2.05) is 44.2 Å². The van der Waals surface area contributed by atoms with E-state index in [-0.39, 0.29) is 10.8 Å². The normalized spacial score (nSPS) is 15.2. The van der Waals surface area contributed by atoms with Crippen LogP contribution in [0.25, 0.3) is 0 Å². The lowest BCUT2D eigenvalue weighted by Crippen LogP contribution is -2.32. The van der Waals surface area contributed by atoms with E-state index in [1.165, 1.54) is 10.4 Å². The highest BCUT2D eigenvalue weighted by molar-refractivity contribution is 7.89. The molecule has 0 radical (unpaired) electrons. The number of carbonyl (C=O) groups excluding carboxylic acids is 1. The van der Waals surface area contributed by atoms with Crippen LogP contribution in [0.4, 0.5) is 5.69 Å². The van der Waals surface area contributed by atoms with Crippen LogP contribution in [0.3, 0.4) is 0 Å². The molecule has 0 aliphatic carbocycles. The smallest absolute Gasteiger partial charge is 0.258 e. The molecular formula is C20H24N2O3S.